The summed E-state index contributed by atoms with van der Waals surface area (Å²) in [7, 11) is 1.65. The summed E-state index contributed by atoms with van der Waals surface area (Å²) in [6.45, 7) is 1.83. The fraction of sp³-hybridized carbons (Fsp3) is 0.318. The van der Waals surface area contributed by atoms with E-state index in [1.165, 1.54) is 12.8 Å². The molecule has 0 aromatic heterocycles. The van der Waals surface area contributed by atoms with E-state index in [-0.39, 0.29) is 6.10 Å². The summed E-state index contributed by atoms with van der Waals surface area (Å²) in [5.41, 5.74) is 2.96. The van der Waals surface area contributed by atoms with Crippen molar-refractivity contribution in [1.29, 1.82) is 0 Å². The first-order chi connectivity index (χ1) is 12.6. The number of carboxylic acid groups (broad SMARTS) is 1. The van der Waals surface area contributed by atoms with Gasteiger partial charge in [0.25, 0.3) is 0 Å². The van der Waals surface area contributed by atoms with Crippen LogP contribution in [0.3, 0.4) is 0 Å². The fourth-order valence-corrected chi connectivity index (χ4v) is 3.33. The standard InChI is InChI=1S/C22H24O4/c1-15-17(6-5-9-19(15)22(23)24)12-10-16-11-13-20(25-2)21(14-16)26-18-7-3-4-8-18/h5-6,9-14,18H,3-4,7-8H2,1-2H3,(H,23,24). The smallest absolute Gasteiger partial charge is 0.335 e. The van der Waals surface area contributed by atoms with Crippen molar-refractivity contribution in [3.63, 3.8) is 0 Å². The van der Waals surface area contributed by atoms with Crippen LogP contribution in [0.4, 0.5) is 0 Å². The number of rotatable bonds is 6. The van der Waals surface area contributed by atoms with E-state index >= 15 is 0 Å². The van der Waals surface area contributed by atoms with Crippen LogP contribution in [-0.4, -0.2) is 24.3 Å². The van der Waals surface area contributed by atoms with Crippen molar-refractivity contribution in [3.05, 3.63) is 58.7 Å². The largest absolute Gasteiger partial charge is 0.493 e. The lowest BCUT2D eigenvalue weighted by Crippen LogP contribution is -2.11. The minimum Gasteiger partial charge on any atom is -0.493 e. The van der Waals surface area contributed by atoms with E-state index in [4.69, 9.17) is 9.47 Å². The molecular formula is C22H24O4. The highest BCUT2D eigenvalue weighted by Gasteiger charge is 2.18. The fourth-order valence-electron chi connectivity index (χ4n) is 3.33. The Morgan fingerprint density at radius 3 is 2.58 bits per heavy atom. The van der Waals surface area contributed by atoms with E-state index in [2.05, 4.69) is 0 Å². The maximum atomic E-state index is 11.3. The Balaban J connectivity index is 1.84. The van der Waals surface area contributed by atoms with E-state index in [0.717, 1.165) is 41.0 Å². The molecule has 0 amide bonds. The molecule has 1 fully saturated rings. The first-order valence-corrected chi connectivity index (χ1v) is 8.94. The predicted molar refractivity (Wildman–Crippen MR) is 103 cm³/mol. The number of hydrogen-bond donors (Lipinski definition) is 1. The number of carbonyl (C=O) groups is 1. The van der Waals surface area contributed by atoms with E-state index in [1.807, 2.05) is 43.3 Å². The molecule has 1 aliphatic carbocycles. The molecule has 0 heterocycles. The lowest BCUT2D eigenvalue weighted by Gasteiger charge is -2.16. The molecule has 2 aromatic carbocycles. The summed E-state index contributed by atoms with van der Waals surface area (Å²) < 4.78 is 11.5. The van der Waals surface area contributed by atoms with Gasteiger partial charge in [0, 0.05) is 0 Å². The number of methoxy groups -OCH3 is 1. The SMILES string of the molecule is COc1ccc(C=Cc2cccc(C(=O)O)c2C)cc1OC1CCCC1. The Labute approximate surface area is 154 Å². The minimum atomic E-state index is -0.908. The zero-order valence-corrected chi connectivity index (χ0v) is 15.2. The zero-order valence-electron chi connectivity index (χ0n) is 15.2. The predicted octanol–water partition coefficient (Wildman–Crippen LogP) is 5.19. The third kappa shape index (κ3) is 4.07. The quantitative estimate of drug-likeness (QED) is 0.727. The molecule has 0 spiro atoms. The van der Waals surface area contributed by atoms with Gasteiger partial charge in [-0.25, -0.2) is 4.79 Å². The molecule has 3 rings (SSSR count). The second-order valence-corrected chi connectivity index (χ2v) is 6.59. The van der Waals surface area contributed by atoms with Crippen molar-refractivity contribution < 1.29 is 19.4 Å². The summed E-state index contributed by atoms with van der Waals surface area (Å²) in [5, 5.41) is 9.25. The Hall–Kier alpha value is -2.75. The van der Waals surface area contributed by atoms with Gasteiger partial charge in [0.1, 0.15) is 0 Å². The average Bonchev–Trinajstić information content (AvgIpc) is 3.14. The third-order valence-electron chi connectivity index (χ3n) is 4.84. The second kappa shape index (κ2) is 8.09. The van der Waals surface area contributed by atoms with E-state index in [0.29, 0.717) is 5.56 Å². The van der Waals surface area contributed by atoms with Crippen LogP contribution in [0.15, 0.2) is 36.4 Å². The number of benzene rings is 2. The van der Waals surface area contributed by atoms with Crippen molar-refractivity contribution in [2.75, 3.05) is 7.11 Å². The van der Waals surface area contributed by atoms with E-state index in [1.54, 1.807) is 19.2 Å². The van der Waals surface area contributed by atoms with Gasteiger partial charge >= 0.3 is 5.97 Å². The monoisotopic (exact) mass is 352 g/mol. The Morgan fingerprint density at radius 2 is 1.88 bits per heavy atom. The van der Waals surface area contributed by atoms with Crippen LogP contribution in [-0.2, 0) is 0 Å². The van der Waals surface area contributed by atoms with Crippen molar-refractivity contribution >= 4 is 18.1 Å². The van der Waals surface area contributed by atoms with E-state index in [9.17, 15) is 9.90 Å². The molecule has 1 saturated carbocycles. The number of ether oxygens (including phenoxy) is 2. The van der Waals surface area contributed by atoms with Crippen molar-refractivity contribution in [2.45, 2.75) is 38.7 Å². The normalized spacial score (nSPS) is 14.7. The molecule has 26 heavy (non-hydrogen) atoms. The molecule has 0 bridgehead atoms. The molecule has 136 valence electrons. The Morgan fingerprint density at radius 1 is 1.12 bits per heavy atom. The van der Waals surface area contributed by atoms with Gasteiger partial charge in [0.15, 0.2) is 11.5 Å². The molecule has 0 saturated heterocycles. The van der Waals surface area contributed by atoms with Crippen LogP contribution in [0.1, 0.15) is 52.7 Å². The summed E-state index contributed by atoms with van der Waals surface area (Å²) in [5.74, 6) is 0.588. The second-order valence-electron chi connectivity index (χ2n) is 6.59. The van der Waals surface area contributed by atoms with Crippen molar-refractivity contribution in [1.82, 2.24) is 0 Å². The van der Waals surface area contributed by atoms with Crippen LogP contribution in [0, 0.1) is 6.92 Å². The zero-order chi connectivity index (χ0) is 18.5. The lowest BCUT2D eigenvalue weighted by molar-refractivity contribution is 0.0696. The van der Waals surface area contributed by atoms with Crippen LogP contribution in [0.5, 0.6) is 11.5 Å². The van der Waals surface area contributed by atoms with Gasteiger partial charge in [-0.3, -0.25) is 0 Å². The molecule has 0 unspecified atom stereocenters. The Kier molecular flexibility index (Phi) is 5.61. The maximum absolute atomic E-state index is 11.3. The van der Waals surface area contributed by atoms with Crippen LogP contribution in [0.25, 0.3) is 12.2 Å². The summed E-state index contributed by atoms with van der Waals surface area (Å²) in [6, 6.07) is 11.1. The molecule has 1 aliphatic rings. The number of carboxylic acids is 1. The molecular weight excluding hydrogens is 328 g/mol. The molecule has 4 nitrogen and oxygen atoms in total. The van der Waals surface area contributed by atoms with Gasteiger partial charge in [-0.05, 0) is 67.5 Å². The molecule has 1 N–H and O–H groups in total. The molecule has 4 heteroatoms. The van der Waals surface area contributed by atoms with Gasteiger partial charge in [-0.15, -0.1) is 0 Å². The van der Waals surface area contributed by atoms with Crippen molar-refractivity contribution in [2.24, 2.45) is 0 Å². The molecule has 2 aromatic rings. The van der Waals surface area contributed by atoms with Gasteiger partial charge in [0.2, 0.25) is 0 Å². The molecule has 0 aliphatic heterocycles. The third-order valence-corrected chi connectivity index (χ3v) is 4.84. The summed E-state index contributed by atoms with van der Waals surface area (Å²) in [4.78, 5) is 11.3. The maximum Gasteiger partial charge on any atom is 0.335 e. The number of hydrogen-bond acceptors (Lipinski definition) is 3. The van der Waals surface area contributed by atoms with Gasteiger partial charge in [0.05, 0.1) is 18.8 Å². The van der Waals surface area contributed by atoms with Crippen LogP contribution in [0.2, 0.25) is 0 Å². The van der Waals surface area contributed by atoms with Crippen LogP contribution < -0.4 is 9.47 Å². The minimum absolute atomic E-state index is 0.262. The topological polar surface area (TPSA) is 55.8 Å². The highest BCUT2D eigenvalue weighted by atomic mass is 16.5. The van der Waals surface area contributed by atoms with Crippen LogP contribution >= 0.6 is 0 Å². The van der Waals surface area contributed by atoms with E-state index < -0.39 is 5.97 Å². The summed E-state index contributed by atoms with van der Waals surface area (Å²) >= 11 is 0. The average molecular weight is 352 g/mol. The summed E-state index contributed by atoms with van der Waals surface area (Å²) in [6.07, 6.45) is 8.77. The first kappa shape index (κ1) is 18.1. The van der Waals surface area contributed by atoms with Gasteiger partial charge in [-0.2, -0.15) is 0 Å². The molecule has 0 atom stereocenters. The Bertz CT molecular complexity index is 817. The van der Waals surface area contributed by atoms with Crippen molar-refractivity contribution in [3.8, 4) is 11.5 Å². The highest BCUT2D eigenvalue weighted by molar-refractivity contribution is 5.91. The molecule has 0 radical (unpaired) electrons. The highest BCUT2D eigenvalue weighted by Crippen LogP contribution is 2.33. The number of aromatic carboxylic acids is 1. The first-order valence-electron chi connectivity index (χ1n) is 8.94. The van der Waals surface area contributed by atoms with Gasteiger partial charge in [-0.1, -0.05) is 30.4 Å². The lowest BCUT2D eigenvalue weighted by atomic mass is 10.0. The van der Waals surface area contributed by atoms with Gasteiger partial charge < -0.3 is 14.6 Å².